The lowest BCUT2D eigenvalue weighted by molar-refractivity contribution is -0.173. The van der Waals surface area contributed by atoms with Gasteiger partial charge in [-0.2, -0.15) is 0 Å². The normalized spacial score (nSPS) is 19.7. The van der Waals surface area contributed by atoms with Crippen molar-refractivity contribution in [3.05, 3.63) is 0 Å². The largest absolute Gasteiger partial charge is 0.456 e. The van der Waals surface area contributed by atoms with Crippen molar-refractivity contribution in [3.8, 4) is 0 Å². The highest BCUT2D eigenvalue weighted by molar-refractivity contribution is 5.75. The van der Waals surface area contributed by atoms with E-state index in [0.717, 1.165) is 0 Å². The molecular formula is C9H17NO3. The zero-order chi connectivity index (χ0) is 9.84. The van der Waals surface area contributed by atoms with Gasteiger partial charge >= 0.3 is 5.97 Å². The molecule has 0 amide bonds. The number of nitrogens with two attached hydrogens (primary N) is 1. The maximum atomic E-state index is 11.3. The lowest BCUT2D eigenvalue weighted by atomic mass is 10.0. The second-order valence-electron chi connectivity index (χ2n) is 3.83. The predicted octanol–water partition coefficient (Wildman–Crippen LogP) is 0.302. The maximum Gasteiger partial charge on any atom is 0.323 e. The van der Waals surface area contributed by atoms with Crippen molar-refractivity contribution in [2.75, 3.05) is 13.2 Å². The highest BCUT2D eigenvalue weighted by atomic mass is 16.6. The number of rotatable bonds is 4. The van der Waals surface area contributed by atoms with Crippen molar-refractivity contribution in [3.63, 3.8) is 0 Å². The Balaban J connectivity index is 2.20. The molecule has 0 aromatic rings. The van der Waals surface area contributed by atoms with E-state index in [0.29, 0.717) is 25.6 Å². The van der Waals surface area contributed by atoms with Crippen LogP contribution in [-0.2, 0) is 14.3 Å². The van der Waals surface area contributed by atoms with Gasteiger partial charge in [-0.1, -0.05) is 13.8 Å². The topological polar surface area (TPSA) is 61.6 Å². The minimum atomic E-state index is -0.486. The molecular weight excluding hydrogens is 170 g/mol. The van der Waals surface area contributed by atoms with Crippen LogP contribution in [0.15, 0.2) is 0 Å². The Hall–Kier alpha value is -0.610. The minimum absolute atomic E-state index is 0.0642. The van der Waals surface area contributed by atoms with Gasteiger partial charge in [0.05, 0.1) is 13.2 Å². The monoisotopic (exact) mass is 187 g/mol. The average molecular weight is 187 g/mol. The summed E-state index contributed by atoms with van der Waals surface area (Å²) in [7, 11) is 0. The highest BCUT2D eigenvalue weighted by Gasteiger charge is 2.25. The fourth-order valence-corrected chi connectivity index (χ4v) is 1.14. The van der Waals surface area contributed by atoms with Crippen LogP contribution < -0.4 is 5.73 Å². The lowest BCUT2D eigenvalue weighted by Gasteiger charge is -2.27. The summed E-state index contributed by atoms with van der Waals surface area (Å²) >= 11 is 0. The van der Waals surface area contributed by atoms with E-state index in [1.165, 1.54) is 0 Å². The van der Waals surface area contributed by atoms with Crippen LogP contribution in [0.2, 0.25) is 0 Å². The van der Waals surface area contributed by atoms with Crippen LogP contribution in [0.3, 0.4) is 0 Å². The van der Waals surface area contributed by atoms with Gasteiger partial charge in [-0.3, -0.25) is 4.79 Å². The summed E-state index contributed by atoms with van der Waals surface area (Å²) in [4.78, 5) is 11.3. The smallest absolute Gasteiger partial charge is 0.323 e. The van der Waals surface area contributed by atoms with Gasteiger partial charge in [0.15, 0.2) is 0 Å². The van der Waals surface area contributed by atoms with Gasteiger partial charge < -0.3 is 15.2 Å². The van der Waals surface area contributed by atoms with E-state index in [9.17, 15) is 4.79 Å². The summed E-state index contributed by atoms with van der Waals surface area (Å²) in [6.07, 6.45) is 0.609. The molecule has 1 rings (SSSR count). The van der Waals surface area contributed by atoms with Crippen molar-refractivity contribution in [1.82, 2.24) is 0 Å². The SMILES string of the molecule is CC(C)CC(N)C(=O)OC1COC1. The molecule has 1 aliphatic heterocycles. The molecule has 4 nitrogen and oxygen atoms in total. The van der Waals surface area contributed by atoms with Crippen molar-refractivity contribution in [1.29, 1.82) is 0 Å². The molecule has 76 valence electrons. The molecule has 1 heterocycles. The number of carbonyl (C=O) groups is 1. The van der Waals surface area contributed by atoms with Crippen LogP contribution in [0.4, 0.5) is 0 Å². The van der Waals surface area contributed by atoms with E-state index < -0.39 is 6.04 Å². The Morgan fingerprint density at radius 1 is 1.62 bits per heavy atom. The summed E-state index contributed by atoms with van der Waals surface area (Å²) in [5.74, 6) is 0.113. The number of carbonyl (C=O) groups excluding carboxylic acids is 1. The van der Waals surface area contributed by atoms with Crippen molar-refractivity contribution in [2.24, 2.45) is 11.7 Å². The van der Waals surface area contributed by atoms with Crippen LogP contribution in [-0.4, -0.2) is 31.3 Å². The Morgan fingerprint density at radius 2 is 2.23 bits per heavy atom. The third-order valence-corrected chi connectivity index (χ3v) is 1.92. The fourth-order valence-electron chi connectivity index (χ4n) is 1.14. The van der Waals surface area contributed by atoms with Crippen molar-refractivity contribution in [2.45, 2.75) is 32.4 Å². The highest BCUT2D eigenvalue weighted by Crippen LogP contribution is 2.09. The summed E-state index contributed by atoms with van der Waals surface area (Å²) in [5.41, 5.74) is 5.63. The fraction of sp³-hybridized carbons (Fsp3) is 0.889. The van der Waals surface area contributed by atoms with Gasteiger partial charge in [-0.15, -0.1) is 0 Å². The number of hydrogen-bond acceptors (Lipinski definition) is 4. The lowest BCUT2D eigenvalue weighted by Crippen LogP contribution is -2.43. The number of esters is 1. The second-order valence-corrected chi connectivity index (χ2v) is 3.83. The molecule has 1 saturated heterocycles. The standard InChI is InChI=1S/C9H17NO3/c1-6(2)3-8(10)9(11)13-7-4-12-5-7/h6-8H,3-5,10H2,1-2H3. The molecule has 0 aliphatic carbocycles. The van der Waals surface area contributed by atoms with Crippen molar-refractivity contribution >= 4 is 5.97 Å². The first-order valence-corrected chi connectivity index (χ1v) is 4.63. The Kier molecular flexibility index (Phi) is 3.69. The maximum absolute atomic E-state index is 11.3. The van der Waals surface area contributed by atoms with E-state index >= 15 is 0 Å². The van der Waals surface area contributed by atoms with E-state index in [4.69, 9.17) is 15.2 Å². The Labute approximate surface area is 78.4 Å². The van der Waals surface area contributed by atoms with E-state index in [1.807, 2.05) is 13.8 Å². The molecule has 0 aromatic heterocycles. The first-order valence-electron chi connectivity index (χ1n) is 4.63. The van der Waals surface area contributed by atoms with Gasteiger partial charge in [0.2, 0.25) is 0 Å². The summed E-state index contributed by atoms with van der Waals surface area (Å²) in [6.45, 7) is 5.08. The molecule has 1 fully saturated rings. The van der Waals surface area contributed by atoms with Gasteiger partial charge in [0.25, 0.3) is 0 Å². The molecule has 0 spiro atoms. The molecule has 0 saturated carbocycles. The molecule has 2 N–H and O–H groups in total. The molecule has 0 radical (unpaired) electrons. The number of hydrogen-bond donors (Lipinski definition) is 1. The Bertz CT molecular complexity index is 178. The van der Waals surface area contributed by atoms with E-state index in [1.54, 1.807) is 0 Å². The molecule has 1 atom stereocenters. The zero-order valence-corrected chi connectivity index (χ0v) is 8.16. The Morgan fingerprint density at radius 3 is 2.62 bits per heavy atom. The molecule has 13 heavy (non-hydrogen) atoms. The second kappa shape index (κ2) is 4.58. The van der Waals surface area contributed by atoms with Crippen LogP contribution in [0, 0.1) is 5.92 Å². The van der Waals surface area contributed by atoms with Crippen LogP contribution in [0.5, 0.6) is 0 Å². The van der Waals surface area contributed by atoms with E-state index in [-0.39, 0.29) is 12.1 Å². The van der Waals surface area contributed by atoms with E-state index in [2.05, 4.69) is 0 Å². The zero-order valence-electron chi connectivity index (χ0n) is 8.16. The van der Waals surface area contributed by atoms with Crippen LogP contribution in [0.25, 0.3) is 0 Å². The van der Waals surface area contributed by atoms with Gasteiger partial charge in [-0.05, 0) is 12.3 Å². The molecule has 1 unspecified atom stereocenters. The first kappa shape index (κ1) is 10.5. The quantitative estimate of drug-likeness (QED) is 0.643. The minimum Gasteiger partial charge on any atom is -0.456 e. The predicted molar refractivity (Wildman–Crippen MR) is 48.1 cm³/mol. The van der Waals surface area contributed by atoms with Gasteiger partial charge in [0, 0.05) is 0 Å². The van der Waals surface area contributed by atoms with Crippen LogP contribution in [0.1, 0.15) is 20.3 Å². The molecule has 1 aliphatic rings. The average Bonchev–Trinajstić information content (AvgIpc) is 1.94. The van der Waals surface area contributed by atoms with Crippen molar-refractivity contribution < 1.29 is 14.3 Å². The third kappa shape index (κ3) is 3.32. The number of ether oxygens (including phenoxy) is 2. The first-order chi connectivity index (χ1) is 6.09. The van der Waals surface area contributed by atoms with Crippen LogP contribution >= 0.6 is 0 Å². The molecule has 4 heteroatoms. The molecule has 0 bridgehead atoms. The van der Waals surface area contributed by atoms with Gasteiger partial charge in [-0.25, -0.2) is 0 Å². The molecule has 0 aromatic carbocycles. The summed E-state index contributed by atoms with van der Waals surface area (Å²) in [6, 6.07) is -0.486. The summed E-state index contributed by atoms with van der Waals surface area (Å²) in [5, 5.41) is 0. The third-order valence-electron chi connectivity index (χ3n) is 1.92. The van der Waals surface area contributed by atoms with Gasteiger partial charge in [0.1, 0.15) is 12.1 Å². The summed E-state index contributed by atoms with van der Waals surface area (Å²) < 4.78 is 9.94.